The maximum Gasteiger partial charge on any atom is 0.230 e. The first-order valence-electron chi connectivity index (χ1n) is 7.11. The molecule has 0 saturated carbocycles. The minimum atomic E-state index is -0.0207. The van der Waals surface area contributed by atoms with E-state index in [1.807, 2.05) is 18.2 Å². The maximum absolute atomic E-state index is 11.5. The van der Waals surface area contributed by atoms with E-state index >= 15 is 0 Å². The summed E-state index contributed by atoms with van der Waals surface area (Å²) in [5.41, 5.74) is 4.97. The SMILES string of the molecule is Cc1ccc(-c2ccc3nc4c(cc3c2Cl)CC(=O)N4)cc1. The van der Waals surface area contributed by atoms with Crippen molar-refractivity contribution in [3.8, 4) is 11.1 Å². The summed E-state index contributed by atoms with van der Waals surface area (Å²) >= 11 is 6.61. The molecule has 1 aliphatic heterocycles. The summed E-state index contributed by atoms with van der Waals surface area (Å²) in [5, 5.41) is 4.33. The molecule has 0 atom stereocenters. The standard InChI is InChI=1S/C18H13ClN2O/c1-10-2-4-11(5-3-10)13-6-7-15-14(17(13)19)8-12-9-16(22)21-18(12)20-15/h2-8H,9H2,1H3,(H,20,21,22). The number of halogens is 1. The Bertz CT molecular complexity index is 917. The van der Waals surface area contributed by atoms with Crippen molar-refractivity contribution in [2.24, 2.45) is 0 Å². The van der Waals surface area contributed by atoms with Crippen LogP contribution in [0.3, 0.4) is 0 Å². The molecular weight excluding hydrogens is 296 g/mol. The van der Waals surface area contributed by atoms with Crippen LogP contribution in [0.1, 0.15) is 11.1 Å². The number of nitrogens with one attached hydrogen (secondary N) is 1. The number of hydrogen-bond acceptors (Lipinski definition) is 2. The van der Waals surface area contributed by atoms with Crippen LogP contribution in [0.25, 0.3) is 22.0 Å². The average Bonchev–Trinajstić information content (AvgIpc) is 2.86. The second kappa shape index (κ2) is 4.82. The van der Waals surface area contributed by atoms with Gasteiger partial charge in [0.25, 0.3) is 0 Å². The molecule has 1 amide bonds. The van der Waals surface area contributed by atoms with Gasteiger partial charge in [-0.2, -0.15) is 0 Å². The molecule has 108 valence electrons. The van der Waals surface area contributed by atoms with E-state index in [-0.39, 0.29) is 5.91 Å². The second-order valence-corrected chi connectivity index (χ2v) is 5.96. The molecule has 0 unspecified atom stereocenters. The summed E-state index contributed by atoms with van der Waals surface area (Å²) in [6.45, 7) is 2.06. The summed E-state index contributed by atoms with van der Waals surface area (Å²) in [7, 11) is 0. The Morgan fingerprint density at radius 1 is 1.14 bits per heavy atom. The minimum Gasteiger partial charge on any atom is -0.310 e. The Hall–Kier alpha value is -2.39. The lowest BCUT2D eigenvalue weighted by molar-refractivity contribution is -0.115. The van der Waals surface area contributed by atoms with Crippen LogP contribution < -0.4 is 5.32 Å². The number of hydrogen-bond donors (Lipinski definition) is 1. The first-order valence-corrected chi connectivity index (χ1v) is 7.48. The first-order chi connectivity index (χ1) is 10.6. The highest BCUT2D eigenvalue weighted by molar-refractivity contribution is 6.38. The fraction of sp³-hybridized carbons (Fsp3) is 0.111. The average molecular weight is 309 g/mol. The van der Waals surface area contributed by atoms with Gasteiger partial charge in [0.2, 0.25) is 5.91 Å². The van der Waals surface area contributed by atoms with Crippen LogP contribution >= 0.6 is 11.6 Å². The summed E-state index contributed by atoms with van der Waals surface area (Å²) in [6.07, 6.45) is 0.364. The third kappa shape index (κ3) is 2.06. The molecule has 0 fully saturated rings. The van der Waals surface area contributed by atoms with Crippen LogP contribution in [0.5, 0.6) is 0 Å². The zero-order valence-electron chi connectivity index (χ0n) is 12.0. The molecule has 4 heteroatoms. The van der Waals surface area contributed by atoms with Crippen molar-refractivity contribution in [1.82, 2.24) is 4.98 Å². The van der Waals surface area contributed by atoms with Gasteiger partial charge in [-0.25, -0.2) is 4.98 Å². The number of aryl methyl sites for hydroxylation is 1. The van der Waals surface area contributed by atoms with Crippen LogP contribution in [0.2, 0.25) is 5.02 Å². The Kier molecular flexibility index (Phi) is 2.91. The minimum absolute atomic E-state index is 0.0207. The van der Waals surface area contributed by atoms with Crippen molar-refractivity contribution >= 4 is 34.2 Å². The van der Waals surface area contributed by atoms with Crippen molar-refractivity contribution < 1.29 is 4.79 Å². The molecule has 0 radical (unpaired) electrons. The number of carbonyl (C=O) groups is 1. The molecule has 1 aromatic heterocycles. The number of rotatable bonds is 1. The molecule has 3 nitrogen and oxygen atoms in total. The maximum atomic E-state index is 11.5. The van der Waals surface area contributed by atoms with Gasteiger partial charge >= 0.3 is 0 Å². The van der Waals surface area contributed by atoms with Crippen LogP contribution in [0.15, 0.2) is 42.5 Å². The number of benzene rings is 2. The molecule has 4 rings (SSSR count). The van der Waals surface area contributed by atoms with Crippen LogP contribution in [-0.2, 0) is 11.2 Å². The van der Waals surface area contributed by atoms with Gasteiger partial charge in [0.15, 0.2) is 0 Å². The summed E-state index contributed by atoms with van der Waals surface area (Å²) in [5.74, 6) is 0.629. The predicted molar refractivity (Wildman–Crippen MR) is 89.3 cm³/mol. The van der Waals surface area contributed by atoms with E-state index in [0.717, 1.165) is 27.6 Å². The molecule has 0 bridgehead atoms. The third-order valence-corrected chi connectivity index (χ3v) is 4.39. The zero-order valence-corrected chi connectivity index (χ0v) is 12.7. The van der Waals surface area contributed by atoms with Crippen LogP contribution in [-0.4, -0.2) is 10.9 Å². The van der Waals surface area contributed by atoms with E-state index in [1.165, 1.54) is 5.56 Å². The first kappa shape index (κ1) is 13.3. The monoisotopic (exact) mass is 308 g/mol. The molecule has 0 saturated heterocycles. The molecule has 2 aromatic carbocycles. The van der Waals surface area contributed by atoms with E-state index in [0.29, 0.717) is 17.3 Å². The Labute approximate surface area is 132 Å². The van der Waals surface area contributed by atoms with Gasteiger partial charge in [-0.3, -0.25) is 4.79 Å². The predicted octanol–water partition coefficient (Wildman–Crippen LogP) is 4.36. The van der Waals surface area contributed by atoms with E-state index in [2.05, 4.69) is 41.5 Å². The summed E-state index contributed by atoms with van der Waals surface area (Å²) in [4.78, 5) is 16.0. The number of aromatic nitrogens is 1. The highest BCUT2D eigenvalue weighted by atomic mass is 35.5. The number of nitrogens with zero attached hydrogens (tertiary/aromatic N) is 1. The lowest BCUT2D eigenvalue weighted by atomic mass is 10.0. The zero-order chi connectivity index (χ0) is 15.3. The highest BCUT2D eigenvalue weighted by Crippen LogP contribution is 2.36. The highest BCUT2D eigenvalue weighted by Gasteiger charge is 2.20. The van der Waals surface area contributed by atoms with E-state index in [4.69, 9.17) is 11.6 Å². The number of carbonyl (C=O) groups excluding carboxylic acids is 1. The fourth-order valence-corrected chi connectivity index (χ4v) is 3.12. The van der Waals surface area contributed by atoms with Crippen LogP contribution in [0.4, 0.5) is 5.82 Å². The molecule has 1 N–H and O–H groups in total. The fourth-order valence-electron chi connectivity index (χ4n) is 2.80. The normalized spacial score (nSPS) is 13.3. The van der Waals surface area contributed by atoms with Gasteiger partial charge in [0, 0.05) is 16.5 Å². The van der Waals surface area contributed by atoms with Gasteiger partial charge in [-0.15, -0.1) is 0 Å². The van der Waals surface area contributed by atoms with Crippen LogP contribution in [0, 0.1) is 6.92 Å². The van der Waals surface area contributed by atoms with Crippen molar-refractivity contribution in [3.63, 3.8) is 0 Å². The molecule has 0 aliphatic carbocycles. The molecule has 2 heterocycles. The lowest BCUT2D eigenvalue weighted by Crippen LogP contribution is -2.04. The lowest BCUT2D eigenvalue weighted by Gasteiger charge is -2.09. The second-order valence-electron chi connectivity index (χ2n) is 5.58. The number of fused-ring (bicyclic) bond motifs is 2. The smallest absolute Gasteiger partial charge is 0.230 e. The molecule has 1 aliphatic rings. The van der Waals surface area contributed by atoms with E-state index in [1.54, 1.807) is 0 Å². The van der Waals surface area contributed by atoms with Gasteiger partial charge in [-0.1, -0.05) is 47.5 Å². The Balaban J connectivity index is 1.92. The summed E-state index contributed by atoms with van der Waals surface area (Å²) in [6, 6.07) is 14.2. The summed E-state index contributed by atoms with van der Waals surface area (Å²) < 4.78 is 0. The number of pyridine rings is 1. The van der Waals surface area contributed by atoms with Crippen molar-refractivity contribution in [2.45, 2.75) is 13.3 Å². The largest absolute Gasteiger partial charge is 0.310 e. The van der Waals surface area contributed by atoms with Crippen molar-refractivity contribution in [1.29, 1.82) is 0 Å². The van der Waals surface area contributed by atoms with Crippen molar-refractivity contribution in [2.75, 3.05) is 5.32 Å². The molecule has 22 heavy (non-hydrogen) atoms. The Morgan fingerprint density at radius 3 is 2.68 bits per heavy atom. The number of amides is 1. The topological polar surface area (TPSA) is 42.0 Å². The van der Waals surface area contributed by atoms with Gasteiger partial charge in [-0.05, 0) is 24.6 Å². The third-order valence-electron chi connectivity index (χ3n) is 3.98. The molecule has 0 spiro atoms. The Morgan fingerprint density at radius 2 is 1.91 bits per heavy atom. The van der Waals surface area contributed by atoms with Gasteiger partial charge < -0.3 is 5.32 Å². The van der Waals surface area contributed by atoms with Crippen molar-refractivity contribution in [3.05, 3.63) is 58.6 Å². The molecule has 3 aromatic rings. The molecular formula is C18H13ClN2O. The quantitative estimate of drug-likeness (QED) is 0.726. The van der Waals surface area contributed by atoms with E-state index < -0.39 is 0 Å². The number of anilines is 1. The van der Waals surface area contributed by atoms with Gasteiger partial charge in [0.05, 0.1) is 17.0 Å². The van der Waals surface area contributed by atoms with E-state index in [9.17, 15) is 4.79 Å². The van der Waals surface area contributed by atoms with Gasteiger partial charge in [0.1, 0.15) is 5.82 Å².